The molecule has 2 aromatic rings. The first-order valence-corrected chi connectivity index (χ1v) is 5.51. The fourth-order valence-electron chi connectivity index (χ4n) is 1.52. The molecule has 0 aliphatic rings. The molecule has 0 saturated heterocycles. The third kappa shape index (κ3) is 2.21. The maximum absolute atomic E-state index is 13.0. The lowest BCUT2D eigenvalue weighted by atomic mass is 10.1. The average Bonchev–Trinajstić information content (AvgIpc) is 2.61. The third-order valence-electron chi connectivity index (χ3n) is 2.31. The van der Waals surface area contributed by atoms with Gasteiger partial charge in [0.15, 0.2) is 5.69 Å². The molecule has 0 spiro atoms. The summed E-state index contributed by atoms with van der Waals surface area (Å²) in [4.78, 5) is 10.8. The zero-order valence-corrected chi connectivity index (χ0v) is 10.4. The Morgan fingerprint density at radius 2 is 2.18 bits per heavy atom. The Morgan fingerprint density at radius 3 is 2.71 bits per heavy atom. The summed E-state index contributed by atoms with van der Waals surface area (Å²) in [6.07, 6.45) is 0. The molecule has 0 aliphatic heterocycles. The topological polar surface area (TPSA) is 55.1 Å². The molecule has 1 heterocycles. The Bertz CT molecular complexity index is 595. The molecule has 0 atom stereocenters. The van der Waals surface area contributed by atoms with Crippen LogP contribution in [0.1, 0.15) is 10.5 Å². The van der Waals surface area contributed by atoms with E-state index in [1.807, 2.05) is 0 Å². The van der Waals surface area contributed by atoms with Crippen molar-refractivity contribution in [2.45, 2.75) is 0 Å². The second-order valence-electron chi connectivity index (χ2n) is 3.47. The largest absolute Gasteiger partial charge is 0.476 e. The zero-order valence-electron chi connectivity index (χ0n) is 8.82. The average molecular weight is 299 g/mol. The van der Waals surface area contributed by atoms with Crippen LogP contribution in [0.15, 0.2) is 28.7 Å². The monoisotopic (exact) mass is 298 g/mol. The minimum Gasteiger partial charge on any atom is -0.476 e. The molecule has 0 radical (unpaired) electrons. The summed E-state index contributed by atoms with van der Waals surface area (Å²) in [5.74, 6) is -1.45. The number of carbonyl (C=O) groups is 1. The van der Waals surface area contributed by atoms with E-state index in [4.69, 9.17) is 5.11 Å². The van der Waals surface area contributed by atoms with Crippen LogP contribution in [0.2, 0.25) is 0 Å². The van der Waals surface area contributed by atoms with Crippen LogP contribution in [0, 0.1) is 5.82 Å². The number of aryl methyl sites for hydroxylation is 1. The quantitative estimate of drug-likeness (QED) is 0.927. The van der Waals surface area contributed by atoms with Gasteiger partial charge in [-0.15, -0.1) is 0 Å². The summed E-state index contributed by atoms with van der Waals surface area (Å²) in [6.45, 7) is 0. The van der Waals surface area contributed by atoms with Gasteiger partial charge in [-0.2, -0.15) is 5.10 Å². The number of benzene rings is 1. The molecule has 0 saturated carbocycles. The summed E-state index contributed by atoms with van der Waals surface area (Å²) >= 11 is 3.24. The van der Waals surface area contributed by atoms with Crippen molar-refractivity contribution in [3.63, 3.8) is 0 Å². The molecule has 1 N–H and O–H groups in total. The van der Waals surface area contributed by atoms with Gasteiger partial charge in [-0.3, -0.25) is 4.68 Å². The van der Waals surface area contributed by atoms with Gasteiger partial charge in [0.1, 0.15) is 5.82 Å². The Balaban J connectivity index is 2.56. The van der Waals surface area contributed by atoms with Crippen molar-refractivity contribution in [2.75, 3.05) is 0 Å². The van der Waals surface area contributed by atoms with Crippen molar-refractivity contribution < 1.29 is 14.3 Å². The highest BCUT2D eigenvalue weighted by Gasteiger charge is 2.14. The van der Waals surface area contributed by atoms with Crippen molar-refractivity contribution in [1.82, 2.24) is 9.78 Å². The van der Waals surface area contributed by atoms with Crippen LogP contribution in [0.3, 0.4) is 0 Å². The highest BCUT2D eigenvalue weighted by molar-refractivity contribution is 9.10. The van der Waals surface area contributed by atoms with Gasteiger partial charge in [0, 0.05) is 17.1 Å². The van der Waals surface area contributed by atoms with Crippen molar-refractivity contribution in [2.24, 2.45) is 7.05 Å². The van der Waals surface area contributed by atoms with Gasteiger partial charge in [0.05, 0.1) is 5.69 Å². The van der Waals surface area contributed by atoms with Crippen molar-refractivity contribution in [3.05, 3.63) is 40.2 Å². The predicted molar refractivity (Wildman–Crippen MR) is 63.3 cm³/mol. The van der Waals surface area contributed by atoms with Crippen molar-refractivity contribution >= 4 is 21.9 Å². The van der Waals surface area contributed by atoms with Gasteiger partial charge >= 0.3 is 5.97 Å². The highest BCUT2D eigenvalue weighted by atomic mass is 79.9. The van der Waals surface area contributed by atoms with Crippen LogP contribution in [-0.4, -0.2) is 20.9 Å². The van der Waals surface area contributed by atoms with Gasteiger partial charge in [-0.1, -0.05) is 0 Å². The lowest BCUT2D eigenvalue weighted by Gasteiger charge is -2.04. The number of carboxylic acids is 1. The van der Waals surface area contributed by atoms with Crippen LogP contribution in [-0.2, 0) is 7.05 Å². The van der Waals surface area contributed by atoms with E-state index in [2.05, 4.69) is 21.0 Å². The van der Waals surface area contributed by atoms with Crippen LogP contribution in [0.25, 0.3) is 11.3 Å². The molecule has 88 valence electrons. The minimum atomic E-state index is -1.09. The number of hydrogen-bond donors (Lipinski definition) is 1. The fourth-order valence-corrected chi connectivity index (χ4v) is 2.08. The van der Waals surface area contributed by atoms with Gasteiger partial charge in [-0.05, 0) is 40.2 Å². The molecule has 0 bridgehead atoms. The Morgan fingerprint density at radius 1 is 1.47 bits per heavy atom. The zero-order chi connectivity index (χ0) is 12.6. The summed E-state index contributed by atoms with van der Waals surface area (Å²) in [5.41, 5.74) is 1.25. The molecule has 17 heavy (non-hydrogen) atoms. The number of aromatic carboxylic acids is 1. The lowest BCUT2D eigenvalue weighted by Crippen LogP contribution is -1.99. The van der Waals surface area contributed by atoms with E-state index in [0.717, 1.165) is 0 Å². The fraction of sp³-hybridized carbons (Fsp3) is 0.0909. The second-order valence-corrected chi connectivity index (χ2v) is 4.32. The van der Waals surface area contributed by atoms with E-state index < -0.39 is 5.97 Å². The number of halogens is 2. The van der Waals surface area contributed by atoms with E-state index in [-0.39, 0.29) is 11.5 Å². The van der Waals surface area contributed by atoms with Crippen LogP contribution >= 0.6 is 15.9 Å². The van der Waals surface area contributed by atoms with E-state index in [9.17, 15) is 9.18 Å². The lowest BCUT2D eigenvalue weighted by molar-refractivity contribution is 0.0689. The van der Waals surface area contributed by atoms with Gasteiger partial charge < -0.3 is 5.11 Å². The minimum absolute atomic E-state index is 0.0428. The van der Waals surface area contributed by atoms with E-state index in [1.54, 1.807) is 13.1 Å². The molecule has 0 unspecified atom stereocenters. The van der Waals surface area contributed by atoms with Crippen molar-refractivity contribution in [1.29, 1.82) is 0 Å². The summed E-state index contributed by atoms with van der Waals surface area (Å²) in [5, 5.41) is 12.7. The van der Waals surface area contributed by atoms with Crippen LogP contribution in [0.5, 0.6) is 0 Å². The van der Waals surface area contributed by atoms with Gasteiger partial charge in [-0.25, -0.2) is 9.18 Å². The van der Waals surface area contributed by atoms with E-state index >= 15 is 0 Å². The maximum Gasteiger partial charge on any atom is 0.356 e. The normalized spacial score (nSPS) is 10.5. The highest BCUT2D eigenvalue weighted by Crippen LogP contribution is 2.29. The number of carboxylic acid groups (broad SMARTS) is 1. The number of aromatic nitrogens is 2. The summed E-state index contributed by atoms with van der Waals surface area (Å²) in [6, 6.07) is 5.65. The third-order valence-corrected chi connectivity index (χ3v) is 2.96. The number of hydrogen-bond acceptors (Lipinski definition) is 2. The van der Waals surface area contributed by atoms with Crippen molar-refractivity contribution in [3.8, 4) is 11.3 Å². The number of nitrogens with zero attached hydrogens (tertiary/aromatic N) is 2. The van der Waals surface area contributed by atoms with Crippen LogP contribution in [0.4, 0.5) is 4.39 Å². The Labute approximate surface area is 105 Å². The predicted octanol–water partition coefficient (Wildman–Crippen LogP) is 2.69. The molecule has 0 amide bonds. The number of rotatable bonds is 2. The summed E-state index contributed by atoms with van der Waals surface area (Å²) < 4.78 is 14.9. The first-order valence-electron chi connectivity index (χ1n) is 4.72. The Kier molecular flexibility index (Phi) is 2.97. The smallest absolute Gasteiger partial charge is 0.356 e. The molecule has 0 fully saturated rings. The van der Waals surface area contributed by atoms with E-state index in [1.165, 1.54) is 22.9 Å². The molecule has 0 aliphatic carbocycles. The first-order chi connectivity index (χ1) is 7.99. The Hall–Kier alpha value is -1.69. The standard InChI is InChI=1S/C11H8BrFN2O2/c1-15-10(5-9(14-15)11(16)17)7-3-2-6(13)4-8(7)12/h2-5H,1H3,(H,16,17). The maximum atomic E-state index is 13.0. The summed E-state index contributed by atoms with van der Waals surface area (Å²) in [7, 11) is 1.64. The molecule has 4 nitrogen and oxygen atoms in total. The molecule has 2 rings (SSSR count). The van der Waals surface area contributed by atoms with E-state index in [0.29, 0.717) is 15.7 Å². The second kappa shape index (κ2) is 4.29. The molecular formula is C11H8BrFN2O2. The molecule has 6 heteroatoms. The molecule has 1 aromatic heterocycles. The van der Waals surface area contributed by atoms with Gasteiger partial charge in [0.2, 0.25) is 0 Å². The van der Waals surface area contributed by atoms with Crippen LogP contribution < -0.4 is 0 Å². The SMILES string of the molecule is Cn1nc(C(=O)O)cc1-c1ccc(F)cc1Br. The molecule has 1 aromatic carbocycles. The van der Waals surface area contributed by atoms with Gasteiger partial charge in [0.25, 0.3) is 0 Å². The first kappa shape index (κ1) is 11.8. The molecular weight excluding hydrogens is 291 g/mol.